The van der Waals surface area contributed by atoms with Crippen LogP contribution in [0.4, 0.5) is 0 Å². The third-order valence-corrected chi connectivity index (χ3v) is 4.32. The largest absolute Gasteiger partial charge is 0.353 e. The van der Waals surface area contributed by atoms with Crippen molar-refractivity contribution in [1.82, 2.24) is 0 Å². The summed E-state index contributed by atoms with van der Waals surface area (Å²) in [5, 5.41) is 0. The molecule has 130 valence electrons. The van der Waals surface area contributed by atoms with Gasteiger partial charge < -0.3 is 4.74 Å². The van der Waals surface area contributed by atoms with Crippen molar-refractivity contribution in [3.05, 3.63) is 120 Å². The van der Waals surface area contributed by atoms with E-state index in [0.717, 1.165) is 16.7 Å². The number of ketones is 1. The SMILES string of the molecule is CC=CC(=O)COC(c1ccccc1)(c1ccccc1)c1ccccc1. The van der Waals surface area contributed by atoms with Gasteiger partial charge in [-0.25, -0.2) is 0 Å². The fourth-order valence-electron chi connectivity index (χ4n) is 3.18. The van der Waals surface area contributed by atoms with Crippen LogP contribution in [-0.4, -0.2) is 12.4 Å². The second-order valence-corrected chi connectivity index (χ2v) is 6.03. The van der Waals surface area contributed by atoms with Crippen molar-refractivity contribution >= 4 is 5.78 Å². The standard InChI is InChI=1S/C24H22O2/c1-2-12-23(25)19-26-24(20-13-6-3-7-14-20,21-15-8-4-9-16-21)22-17-10-5-11-18-22/h2-18H,19H2,1H3. The molecule has 0 saturated heterocycles. The Hall–Kier alpha value is -2.97. The Balaban J connectivity index is 2.19. The lowest BCUT2D eigenvalue weighted by Gasteiger charge is -2.35. The summed E-state index contributed by atoms with van der Waals surface area (Å²) < 4.78 is 6.40. The van der Waals surface area contributed by atoms with E-state index < -0.39 is 5.60 Å². The van der Waals surface area contributed by atoms with Crippen molar-refractivity contribution in [3.63, 3.8) is 0 Å². The summed E-state index contributed by atoms with van der Waals surface area (Å²) >= 11 is 0. The van der Waals surface area contributed by atoms with E-state index in [1.165, 1.54) is 0 Å². The van der Waals surface area contributed by atoms with E-state index in [0.29, 0.717) is 0 Å². The molecule has 0 aliphatic rings. The Morgan fingerprint density at radius 3 is 1.50 bits per heavy atom. The molecule has 0 saturated carbocycles. The maximum Gasteiger partial charge on any atom is 0.181 e. The molecule has 0 fully saturated rings. The zero-order chi connectivity index (χ0) is 18.2. The Kier molecular flexibility index (Phi) is 5.77. The van der Waals surface area contributed by atoms with E-state index in [4.69, 9.17) is 4.74 Å². The molecule has 0 N–H and O–H groups in total. The topological polar surface area (TPSA) is 26.3 Å². The number of hydrogen-bond acceptors (Lipinski definition) is 2. The molecular weight excluding hydrogens is 320 g/mol. The van der Waals surface area contributed by atoms with Crippen molar-refractivity contribution < 1.29 is 9.53 Å². The highest BCUT2D eigenvalue weighted by Crippen LogP contribution is 2.40. The number of ether oxygens (including phenoxy) is 1. The lowest BCUT2D eigenvalue weighted by Crippen LogP contribution is -2.34. The minimum absolute atomic E-state index is 0.00300. The first-order chi connectivity index (χ1) is 12.8. The van der Waals surface area contributed by atoms with Gasteiger partial charge in [0.05, 0.1) is 0 Å². The molecule has 0 heterocycles. The molecule has 0 unspecified atom stereocenters. The molecule has 0 radical (unpaired) electrons. The first kappa shape index (κ1) is 17.8. The van der Waals surface area contributed by atoms with E-state index in [2.05, 4.69) is 0 Å². The van der Waals surface area contributed by atoms with E-state index >= 15 is 0 Å². The van der Waals surface area contributed by atoms with Gasteiger partial charge in [-0.2, -0.15) is 0 Å². The number of rotatable bonds is 7. The average molecular weight is 342 g/mol. The van der Waals surface area contributed by atoms with Gasteiger partial charge in [-0.05, 0) is 29.7 Å². The monoisotopic (exact) mass is 342 g/mol. The first-order valence-electron chi connectivity index (χ1n) is 8.73. The van der Waals surface area contributed by atoms with E-state index in [9.17, 15) is 4.79 Å². The molecule has 0 atom stereocenters. The van der Waals surface area contributed by atoms with Crippen LogP contribution in [0.1, 0.15) is 23.6 Å². The van der Waals surface area contributed by atoms with Crippen LogP contribution < -0.4 is 0 Å². The van der Waals surface area contributed by atoms with E-state index in [1.54, 1.807) is 12.2 Å². The van der Waals surface area contributed by atoms with Crippen molar-refractivity contribution in [3.8, 4) is 0 Å². The second kappa shape index (κ2) is 8.41. The van der Waals surface area contributed by atoms with Crippen LogP contribution in [0.3, 0.4) is 0 Å². The molecule has 0 spiro atoms. The number of carbonyl (C=O) groups is 1. The molecule has 0 bridgehead atoms. The van der Waals surface area contributed by atoms with Gasteiger partial charge in [0, 0.05) is 0 Å². The van der Waals surface area contributed by atoms with Crippen LogP contribution >= 0.6 is 0 Å². The van der Waals surface area contributed by atoms with Gasteiger partial charge in [-0.15, -0.1) is 0 Å². The zero-order valence-corrected chi connectivity index (χ0v) is 14.8. The molecular formula is C24H22O2. The van der Waals surface area contributed by atoms with Gasteiger partial charge in [0.1, 0.15) is 12.2 Å². The fourth-order valence-corrected chi connectivity index (χ4v) is 3.18. The van der Waals surface area contributed by atoms with Gasteiger partial charge in [0.25, 0.3) is 0 Å². The molecule has 0 amide bonds. The van der Waals surface area contributed by atoms with Gasteiger partial charge in [0.15, 0.2) is 5.78 Å². The molecule has 0 aromatic heterocycles. The van der Waals surface area contributed by atoms with Crippen LogP contribution in [0.15, 0.2) is 103 Å². The molecule has 3 aromatic carbocycles. The smallest absolute Gasteiger partial charge is 0.181 e. The highest BCUT2D eigenvalue weighted by Gasteiger charge is 2.37. The van der Waals surface area contributed by atoms with Gasteiger partial charge in [-0.3, -0.25) is 4.79 Å². The quantitative estimate of drug-likeness (QED) is 0.439. The molecule has 2 heteroatoms. The van der Waals surface area contributed by atoms with Gasteiger partial charge in [0.2, 0.25) is 0 Å². The Morgan fingerprint density at radius 1 is 0.769 bits per heavy atom. The van der Waals surface area contributed by atoms with Crippen LogP contribution in [0.25, 0.3) is 0 Å². The summed E-state index contributed by atoms with van der Waals surface area (Å²) in [6.07, 6.45) is 3.28. The van der Waals surface area contributed by atoms with Crippen LogP contribution in [0.5, 0.6) is 0 Å². The molecule has 3 rings (SSSR count). The molecule has 0 aliphatic heterocycles. The van der Waals surface area contributed by atoms with E-state index in [-0.39, 0.29) is 12.4 Å². The average Bonchev–Trinajstić information content (AvgIpc) is 2.71. The summed E-state index contributed by atoms with van der Waals surface area (Å²) in [5.41, 5.74) is 2.13. The molecule has 26 heavy (non-hydrogen) atoms. The maximum atomic E-state index is 12.2. The highest BCUT2D eigenvalue weighted by atomic mass is 16.5. The number of hydrogen-bond donors (Lipinski definition) is 0. The van der Waals surface area contributed by atoms with Gasteiger partial charge >= 0.3 is 0 Å². The maximum absolute atomic E-state index is 12.2. The third-order valence-electron chi connectivity index (χ3n) is 4.32. The Morgan fingerprint density at radius 2 is 1.15 bits per heavy atom. The number of carbonyl (C=O) groups excluding carboxylic acids is 1. The summed E-state index contributed by atoms with van der Waals surface area (Å²) in [6.45, 7) is 1.83. The first-order valence-corrected chi connectivity index (χ1v) is 8.73. The molecule has 0 aliphatic carbocycles. The normalized spacial score (nSPS) is 11.6. The van der Waals surface area contributed by atoms with Crippen molar-refractivity contribution in [2.75, 3.05) is 6.61 Å². The Bertz CT molecular complexity index is 756. The minimum atomic E-state index is -0.846. The fraction of sp³-hybridized carbons (Fsp3) is 0.125. The van der Waals surface area contributed by atoms with Crippen LogP contribution in [-0.2, 0) is 15.1 Å². The van der Waals surface area contributed by atoms with Crippen molar-refractivity contribution in [2.45, 2.75) is 12.5 Å². The lowest BCUT2D eigenvalue weighted by atomic mass is 9.80. The highest BCUT2D eigenvalue weighted by molar-refractivity contribution is 5.90. The predicted molar refractivity (Wildman–Crippen MR) is 105 cm³/mol. The summed E-state index contributed by atoms with van der Waals surface area (Å²) in [5.74, 6) is -0.0559. The zero-order valence-electron chi connectivity index (χ0n) is 14.8. The summed E-state index contributed by atoms with van der Waals surface area (Å²) in [7, 11) is 0. The molecule has 2 nitrogen and oxygen atoms in total. The van der Waals surface area contributed by atoms with E-state index in [1.807, 2.05) is 97.9 Å². The summed E-state index contributed by atoms with van der Waals surface area (Å²) in [4.78, 5) is 12.2. The van der Waals surface area contributed by atoms with Gasteiger partial charge in [-0.1, -0.05) is 97.1 Å². The lowest BCUT2D eigenvalue weighted by molar-refractivity contribution is -0.122. The summed E-state index contributed by atoms with van der Waals surface area (Å²) in [6, 6.07) is 30.2. The van der Waals surface area contributed by atoms with Crippen LogP contribution in [0, 0.1) is 0 Å². The number of benzene rings is 3. The van der Waals surface area contributed by atoms with Crippen LogP contribution in [0.2, 0.25) is 0 Å². The third kappa shape index (κ3) is 3.66. The minimum Gasteiger partial charge on any atom is -0.353 e. The van der Waals surface area contributed by atoms with Crippen molar-refractivity contribution in [1.29, 1.82) is 0 Å². The molecule has 3 aromatic rings. The van der Waals surface area contributed by atoms with Crippen molar-refractivity contribution in [2.24, 2.45) is 0 Å². The number of allylic oxidation sites excluding steroid dienone is 1. The second-order valence-electron chi connectivity index (χ2n) is 6.03. The predicted octanol–water partition coefficient (Wildman–Crippen LogP) is 5.14. The Labute approximate surface area is 154 Å².